The topological polar surface area (TPSA) is 0 Å². The molecule has 0 heterocycles. The van der Waals surface area contributed by atoms with E-state index in [0.717, 1.165) is 0 Å². The third kappa shape index (κ3) is 6.88. The van der Waals surface area contributed by atoms with Gasteiger partial charge in [0.15, 0.2) is 0 Å². The number of hydrogen-bond donors (Lipinski definition) is 0. The first-order valence-electron chi connectivity index (χ1n) is 3.35. The van der Waals surface area contributed by atoms with Crippen molar-refractivity contribution in [1.82, 2.24) is 0 Å². The normalized spacial score (nSPS) is 9.58. The molecule has 0 N–H and O–H groups in total. The molecule has 70 valence electrons. The van der Waals surface area contributed by atoms with Crippen LogP contribution in [-0.4, -0.2) is 0 Å². The van der Waals surface area contributed by atoms with Crippen molar-refractivity contribution in [2.24, 2.45) is 0 Å². The summed E-state index contributed by atoms with van der Waals surface area (Å²) in [5.74, 6) is 0. The third-order valence-corrected chi connectivity index (χ3v) is 1.16. The van der Waals surface area contributed by atoms with Gasteiger partial charge in [0.05, 0.1) is 0 Å². The van der Waals surface area contributed by atoms with Crippen LogP contribution in [0.3, 0.4) is 0 Å². The Bertz CT molecular complexity index is 209. The van der Waals surface area contributed by atoms with Gasteiger partial charge in [-0.15, -0.1) is 0 Å². The van der Waals surface area contributed by atoms with E-state index in [-0.39, 0.29) is 15.9 Å². The molecule has 1 aromatic rings. The van der Waals surface area contributed by atoms with Gasteiger partial charge in [-0.1, -0.05) is 42.5 Å². The summed E-state index contributed by atoms with van der Waals surface area (Å²) in [6.07, 6.45) is 4.12. The third-order valence-electron chi connectivity index (χ3n) is 1.16. The van der Waals surface area contributed by atoms with Gasteiger partial charge in [-0.2, -0.15) is 0 Å². The maximum absolute atomic E-state index is 4.81. The van der Waals surface area contributed by atoms with E-state index < -0.39 is 0 Å². The molecule has 0 spiro atoms. The zero-order valence-corrected chi connectivity index (χ0v) is 9.68. The molecule has 0 amide bonds. The van der Waals surface area contributed by atoms with Gasteiger partial charge in [0, 0.05) is 0 Å². The predicted molar refractivity (Wildman–Crippen MR) is 52.9 cm³/mol. The molecular weight excluding hydrogens is 285 g/mol. The summed E-state index contributed by atoms with van der Waals surface area (Å²) in [6, 6.07) is 10.3. The average Bonchev–Trinajstić information content (AvgIpc) is 2.08. The maximum atomic E-state index is 4.81. The SMILES string of the molecule is C/C=C/c1ccccc1.[Cl][Pd][Cl]. The molecule has 0 aliphatic carbocycles. The first kappa shape index (κ1) is 12.2. The Morgan fingerprint density at radius 3 is 2.08 bits per heavy atom. The van der Waals surface area contributed by atoms with Crippen LogP contribution in [0.15, 0.2) is 36.4 Å². The van der Waals surface area contributed by atoms with Crippen molar-refractivity contribution in [3.05, 3.63) is 42.0 Å². The van der Waals surface area contributed by atoms with Crippen molar-refractivity contribution >= 4 is 25.1 Å². The molecule has 0 fully saturated rings. The molecular formula is C9H10Cl2Pd. The van der Waals surface area contributed by atoms with Crippen molar-refractivity contribution in [3.63, 3.8) is 0 Å². The summed E-state index contributed by atoms with van der Waals surface area (Å²) < 4.78 is 0. The van der Waals surface area contributed by atoms with Crippen LogP contribution in [0, 0.1) is 0 Å². The Morgan fingerprint density at radius 2 is 1.67 bits per heavy atom. The van der Waals surface area contributed by atoms with E-state index in [0.29, 0.717) is 0 Å². The van der Waals surface area contributed by atoms with Gasteiger partial charge < -0.3 is 0 Å². The van der Waals surface area contributed by atoms with Crippen LogP contribution in [0.25, 0.3) is 6.08 Å². The van der Waals surface area contributed by atoms with Gasteiger partial charge in [0.1, 0.15) is 0 Å². The van der Waals surface area contributed by atoms with Gasteiger partial charge in [-0.25, -0.2) is 0 Å². The summed E-state index contributed by atoms with van der Waals surface area (Å²) in [4.78, 5) is 0. The van der Waals surface area contributed by atoms with Crippen LogP contribution in [-0.2, 0) is 15.9 Å². The van der Waals surface area contributed by atoms with Crippen molar-refractivity contribution < 1.29 is 15.9 Å². The van der Waals surface area contributed by atoms with E-state index in [1.165, 1.54) is 5.56 Å². The quantitative estimate of drug-likeness (QED) is 0.684. The molecule has 0 aliphatic heterocycles. The zero-order valence-electron chi connectivity index (χ0n) is 6.61. The van der Waals surface area contributed by atoms with E-state index >= 15 is 0 Å². The average molecular weight is 296 g/mol. The molecule has 1 aromatic carbocycles. The number of benzene rings is 1. The van der Waals surface area contributed by atoms with Crippen LogP contribution < -0.4 is 0 Å². The molecule has 0 unspecified atom stereocenters. The fraction of sp³-hybridized carbons (Fsp3) is 0.111. The molecule has 0 saturated carbocycles. The Balaban J connectivity index is 0.000000354. The van der Waals surface area contributed by atoms with Gasteiger partial charge in [0.2, 0.25) is 0 Å². The Hall–Kier alpha value is 0.202. The van der Waals surface area contributed by atoms with Gasteiger partial charge in [-0.05, 0) is 12.5 Å². The Kier molecular flexibility index (Phi) is 9.45. The first-order chi connectivity index (χ1) is 5.85. The Morgan fingerprint density at radius 1 is 1.17 bits per heavy atom. The van der Waals surface area contributed by atoms with E-state index in [1.54, 1.807) is 0 Å². The zero-order chi connectivity index (χ0) is 9.23. The van der Waals surface area contributed by atoms with Crippen molar-refractivity contribution in [1.29, 1.82) is 0 Å². The van der Waals surface area contributed by atoms with Gasteiger partial charge in [-0.3, -0.25) is 0 Å². The molecule has 0 bridgehead atoms. The molecule has 0 aromatic heterocycles. The second kappa shape index (κ2) is 9.29. The first-order valence-corrected chi connectivity index (χ1v) is 7.35. The second-order valence-corrected chi connectivity index (χ2v) is 4.32. The van der Waals surface area contributed by atoms with E-state index in [2.05, 4.69) is 18.2 Å². The molecule has 0 radical (unpaired) electrons. The molecule has 3 heteroatoms. The van der Waals surface area contributed by atoms with E-state index in [1.807, 2.05) is 31.2 Å². The fourth-order valence-corrected chi connectivity index (χ4v) is 0.757. The van der Waals surface area contributed by atoms with Gasteiger partial charge >= 0.3 is 35.0 Å². The van der Waals surface area contributed by atoms with Crippen LogP contribution >= 0.6 is 19.1 Å². The summed E-state index contributed by atoms with van der Waals surface area (Å²) >= 11 is -0.106. The van der Waals surface area contributed by atoms with E-state index in [9.17, 15) is 0 Å². The molecule has 0 nitrogen and oxygen atoms in total. The van der Waals surface area contributed by atoms with Crippen molar-refractivity contribution in [2.45, 2.75) is 6.92 Å². The number of rotatable bonds is 1. The van der Waals surface area contributed by atoms with Crippen molar-refractivity contribution in [2.75, 3.05) is 0 Å². The molecule has 12 heavy (non-hydrogen) atoms. The van der Waals surface area contributed by atoms with Crippen LogP contribution in [0.2, 0.25) is 0 Å². The monoisotopic (exact) mass is 294 g/mol. The summed E-state index contributed by atoms with van der Waals surface area (Å²) in [7, 11) is 9.63. The number of hydrogen-bond acceptors (Lipinski definition) is 0. The second-order valence-electron chi connectivity index (χ2n) is 1.96. The molecule has 0 aliphatic rings. The van der Waals surface area contributed by atoms with E-state index in [4.69, 9.17) is 19.1 Å². The van der Waals surface area contributed by atoms with Gasteiger partial charge in [0.25, 0.3) is 0 Å². The summed E-state index contributed by atoms with van der Waals surface area (Å²) in [6.45, 7) is 2.02. The minimum absolute atomic E-state index is 0.106. The minimum atomic E-state index is -0.106. The summed E-state index contributed by atoms with van der Waals surface area (Å²) in [5.41, 5.74) is 1.26. The number of halogens is 2. The van der Waals surface area contributed by atoms with Crippen molar-refractivity contribution in [3.8, 4) is 0 Å². The summed E-state index contributed by atoms with van der Waals surface area (Å²) in [5, 5.41) is 0. The fourth-order valence-electron chi connectivity index (χ4n) is 0.757. The number of allylic oxidation sites excluding steroid dienone is 1. The molecule has 0 atom stereocenters. The van der Waals surface area contributed by atoms with Crippen LogP contribution in [0.4, 0.5) is 0 Å². The molecule has 0 saturated heterocycles. The Labute approximate surface area is 89.7 Å². The van der Waals surface area contributed by atoms with Crippen LogP contribution in [0.1, 0.15) is 12.5 Å². The van der Waals surface area contributed by atoms with Crippen LogP contribution in [0.5, 0.6) is 0 Å². The molecule has 1 rings (SSSR count). The standard InChI is InChI=1S/C9H10.2ClH.Pd/c1-2-6-9-7-4-3-5-8-9;;;/h2-8H,1H3;2*1H;/q;;;+2/p-2/b6-2+;;;. The predicted octanol–water partition coefficient (Wildman–Crippen LogP) is 4.10.